The van der Waals surface area contributed by atoms with E-state index in [0.29, 0.717) is 12.3 Å². The molecule has 2 heterocycles. The van der Waals surface area contributed by atoms with Gasteiger partial charge in [0.1, 0.15) is 17.5 Å². The summed E-state index contributed by atoms with van der Waals surface area (Å²) < 4.78 is 47.7. The van der Waals surface area contributed by atoms with Crippen LogP contribution in [0.1, 0.15) is 19.4 Å². The van der Waals surface area contributed by atoms with Crippen molar-refractivity contribution >= 4 is 36.4 Å². The van der Waals surface area contributed by atoms with Gasteiger partial charge in [0, 0.05) is 32.6 Å². The minimum Gasteiger partial charge on any atom is -0.382 e. The van der Waals surface area contributed by atoms with Gasteiger partial charge in [0.05, 0.1) is 10.9 Å². The summed E-state index contributed by atoms with van der Waals surface area (Å²) in [5.41, 5.74) is -0.252. The van der Waals surface area contributed by atoms with Crippen LogP contribution in [0.3, 0.4) is 0 Å². The average Bonchev–Trinajstić information content (AvgIpc) is 2.81. The quantitative estimate of drug-likeness (QED) is 0.356. The molecule has 0 spiro atoms. The number of halogens is 4. The monoisotopic (exact) mass is 407 g/mol. The molecular weight excluding hydrogens is 383 g/mol. The highest BCUT2D eigenvalue weighted by Gasteiger charge is 2.36. The second-order valence-electron chi connectivity index (χ2n) is 7.85. The maximum Gasteiger partial charge on any atom is 0.418 e. The van der Waals surface area contributed by atoms with Gasteiger partial charge in [-0.2, -0.15) is 13.2 Å². The molecule has 0 amide bonds. The van der Waals surface area contributed by atoms with Crippen LogP contribution in [0, 0.1) is 0 Å². The molecule has 26 heavy (non-hydrogen) atoms. The summed E-state index contributed by atoms with van der Waals surface area (Å²) in [6, 6.07) is 2.32. The molecule has 0 fully saturated rings. The van der Waals surface area contributed by atoms with Gasteiger partial charge in [-0.25, -0.2) is 4.98 Å². The molecular formula is C17H25ClF3N3OSi. The molecule has 0 aromatic carbocycles. The molecule has 0 bridgehead atoms. The molecule has 2 aromatic rings. The predicted molar refractivity (Wildman–Crippen MR) is 103 cm³/mol. The maximum absolute atomic E-state index is 13.6. The van der Waals surface area contributed by atoms with Gasteiger partial charge in [0.15, 0.2) is 0 Å². The molecule has 2 aromatic heterocycles. The summed E-state index contributed by atoms with van der Waals surface area (Å²) in [7, 11) is -1.27. The summed E-state index contributed by atoms with van der Waals surface area (Å²) in [5.74, 6) is 0. The van der Waals surface area contributed by atoms with E-state index in [4.69, 9.17) is 16.3 Å². The van der Waals surface area contributed by atoms with Crippen LogP contribution in [0.25, 0.3) is 11.0 Å². The molecule has 0 aliphatic heterocycles. The zero-order valence-electron chi connectivity index (χ0n) is 15.7. The van der Waals surface area contributed by atoms with E-state index in [-0.39, 0.29) is 29.0 Å². The van der Waals surface area contributed by atoms with Crippen LogP contribution in [-0.2, 0) is 17.6 Å². The number of nitrogens with one attached hydrogen (secondary N) is 1. The van der Waals surface area contributed by atoms with Crippen molar-refractivity contribution in [1.82, 2.24) is 9.55 Å². The second kappa shape index (κ2) is 7.78. The van der Waals surface area contributed by atoms with Gasteiger partial charge in [-0.3, -0.25) is 0 Å². The summed E-state index contributed by atoms with van der Waals surface area (Å²) in [5, 5.41) is 3.18. The highest BCUT2D eigenvalue weighted by atomic mass is 35.5. The number of alkyl halides is 3. The smallest absolute Gasteiger partial charge is 0.382 e. The van der Waals surface area contributed by atoms with Crippen LogP contribution < -0.4 is 5.32 Å². The van der Waals surface area contributed by atoms with Gasteiger partial charge in [-0.05, 0) is 26.0 Å². The Morgan fingerprint density at radius 3 is 2.50 bits per heavy atom. The molecule has 2 rings (SSSR count). The van der Waals surface area contributed by atoms with E-state index in [1.165, 1.54) is 10.6 Å². The van der Waals surface area contributed by atoms with Gasteiger partial charge >= 0.3 is 6.18 Å². The van der Waals surface area contributed by atoms with E-state index >= 15 is 0 Å². The average molecular weight is 408 g/mol. The minimum absolute atomic E-state index is 0.00548. The van der Waals surface area contributed by atoms with E-state index in [0.717, 1.165) is 12.2 Å². The largest absolute Gasteiger partial charge is 0.418 e. The van der Waals surface area contributed by atoms with Crippen molar-refractivity contribution in [3.05, 3.63) is 23.0 Å². The number of pyridine rings is 1. The van der Waals surface area contributed by atoms with Gasteiger partial charge in [0.2, 0.25) is 0 Å². The molecule has 1 N–H and O–H groups in total. The lowest BCUT2D eigenvalue weighted by atomic mass is 10.1. The zero-order chi connectivity index (χ0) is 19.7. The van der Waals surface area contributed by atoms with Crippen molar-refractivity contribution < 1.29 is 17.9 Å². The molecule has 0 radical (unpaired) electrons. The molecule has 0 aliphatic carbocycles. The van der Waals surface area contributed by atoms with E-state index in [9.17, 15) is 13.2 Å². The Hall–Kier alpha value is -1.25. The van der Waals surface area contributed by atoms with Crippen molar-refractivity contribution in [3.8, 4) is 0 Å². The van der Waals surface area contributed by atoms with Gasteiger partial charge in [0.25, 0.3) is 0 Å². The molecule has 0 aliphatic rings. The summed E-state index contributed by atoms with van der Waals surface area (Å²) >= 11 is 6.04. The summed E-state index contributed by atoms with van der Waals surface area (Å²) in [6.07, 6.45) is -3.45. The van der Waals surface area contributed by atoms with Crippen molar-refractivity contribution in [2.24, 2.45) is 0 Å². The third-order valence-corrected chi connectivity index (χ3v) is 5.67. The second-order valence-corrected chi connectivity index (χ2v) is 13.9. The first kappa shape index (κ1) is 21.1. The molecule has 0 unspecified atom stereocenters. The molecule has 4 nitrogen and oxygen atoms in total. The summed E-state index contributed by atoms with van der Waals surface area (Å²) in [4.78, 5) is 4.12. The number of ether oxygens (including phenoxy) is 1. The SMILES string of the molecule is CC(C)Nc1cc(Cl)nc2c1c(C(F)(F)F)cn2COCC[Si](C)(C)C. The van der Waals surface area contributed by atoms with Crippen LogP contribution >= 0.6 is 11.6 Å². The number of aromatic nitrogens is 2. The highest BCUT2D eigenvalue weighted by Crippen LogP contribution is 2.40. The molecule has 0 saturated heterocycles. The number of nitrogens with zero attached hydrogens (tertiary/aromatic N) is 2. The fraction of sp³-hybridized carbons (Fsp3) is 0.588. The van der Waals surface area contributed by atoms with Gasteiger partial charge in [-0.15, -0.1) is 0 Å². The topological polar surface area (TPSA) is 39.1 Å². The number of hydrogen-bond acceptors (Lipinski definition) is 3. The third kappa shape index (κ3) is 5.37. The third-order valence-electron chi connectivity index (χ3n) is 3.77. The van der Waals surface area contributed by atoms with E-state index in [1.807, 2.05) is 13.8 Å². The lowest BCUT2D eigenvalue weighted by molar-refractivity contribution is -0.136. The van der Waals surface area contributed by atoms with E-state index < -0.39 is 19.8 Å². The first-order valence-electron chi connectivity index (χ1n) is 8.49. The van der Waals surface area contributed by atoms with Crippen molar-refractivity contribution in [3.63, 3.8) is 0 Å². The standard InChI is InChI=1S/C17H25ClF3N3OSi/c1-11(2)22-13-8-14(18)23-16-15(13)12(17(19,20)21)9-24(16)10-25-6-7-26(3,4)5/h8-9,11H,6-7,10H2,1-5H3,(H,22,23). The molecule has 9 heteroatoms. The number of anilines is 1. The normalized spacial score (nSPS) is 13.0. The molecule has 146 valence electrons. The molecule has 0 atom stereocenters. The van der Waals surface area contributed by atoms with Gasteiger partial charge < -0.3 is 14.6 Å². The first-order chi connectivity index (χ1) is 11.9. The first-order valence-corrected chi connectivity index (χ1v) is 12.6. The highest BCUT2D eigenvalue weighted by molar-refractivity contribution is 6.76. The Bertz CT molecular complexity index is 769. The van der Waals surface area contributed by atoms with Crippen LogP contribution in [-0.4, -0.2) is 30.3 Å². The molecule has 0 saturated carbocycles. The number of fused-ring (bicyclic) bond motifs is 1. The number of hydrogen-bond donors (Lipinski definition) is 1. The fourth-order valence-corrected chi connectivity index (χ4v) is 3.48. The van der Waals surface area contributed by atoms with Crippen molar-refractivity contribution in [1.29, 1.82) is 0 Å². The lowest BCUT2D eigenvalue weighted by Crippen LogP contribution is -2.22. The Morgan fingerprint density at radius 2 is 1.96 bits per heavy atom. The van der Waals surface area contributed by atoms with Crippen LogP contribution in [0.5, 0.6) is 0 Å². The summed E-state index contributed by atoms with van der Waals surface area (Å²) in [6.45, 7) is 10.9. The predicted octanol–water partition coefficient (Wildman–Crippen LogP) is 5.84. The van der Waals surface area contributed by atoms with E-state index in [2.05, 4.69) is 29.9 Å². The van der Waals surface area contributed by atoms with Gasteiger partial charge in [-0.1, -0.05) is 31.2 Å². The maximum atomic E-state index is 13.6. The van der Waals surface area contributed by atoms with Crippen LogP contribution in [0.15, 0.2) is 12.3 Å². The number of rotatable bonds is 7. The van der Waals surface area contributed by atoms with Crippen LogP contribution in [0.2, 0.25) is 30.8 Å². The Labute approximate surface area is 157 Å². The lowest BCUT2D eigenvalue weighted by Gasteiger charge is -2.16. The van der Waals surface area contributed by atoms with E-state index in [1.54, 1.807) is 0 Å². The van der Waals surface area contributed by atoms with Crippen molar-refractivity contribution in [2.75, 3.05) is 11.9 Å². The van der Waals surface area contributed by atoms with Crippen LogP contribution in [0.4, 0.5) is 18.9 Å². The zero-order valence-corrected chi connectivity index (χ0v) is 17.4. The minimum atomic E-state index is -4.50. The Kier molecular flexibility index (Phi) is 6.30. The Morgan fingerprint density at radius 1 is 1.31 bits per heavy atom. The Balaban J connectivity index is 2.43. The fourth-order valence-electron chi connectivity index (χ4n) is 2.54. The van der Waals surface area contributed by atoms with Crippen molar-refractivity contribution in [2.45, 2.75) is 58.5 Å².